The minimum Gasteiger partial charge on any atom is -0.383 e. The molecule has 0 aromatic carbocycles. The number of nitrogens with one attached hydrogen (secondary N) is 1. The highest BCUT2D eigenvalue weighted by Crippen LogP contribution is 2.48. The summed E-state index contributed by atoms with van der Waals surface area (Å²) in [4.78, 5) is 0.0816. The number of sulfonamides is 1. The lowest BCUT2D eigenvalue weighted by Gasteiger charge is -2.26. The van der Waals surface area contributed by atoms with Crippen LogP contribution in [0.1, 0.15) is 25.7 Å². The van der Waals surface area contributed by atoms with E-state index in [1.54, 1.807) is 7.05 Å². The van der Waals surface area contributed by atoms with Gasteiger partial charge in [-0.3, -0.25) is 5.10 Å². The van der Waals surface area contributed by atoms with Gasteiger partial charge in [0.2, 0.25) is 10.0 Å². The molecule has 19 heavy (non-hydrogen) atoms. The predicted octanol–water partition coefficient (Wildman–Crippen LogP) is 1.05. The van der Waals surface area contributed by atoms with Crippen molar-refractivity contribution in [3.63, 3.8) is 0 Å². The summed E-state index contributed by atoms with van der Waals surface area (Å²) in [5, 5.41) is 6.16. The van der Waals surface area contributed by atoms with Gasteiger partial charge < -0.3 is 5.73 Å². The van der Waals surface area contributed by atoms with Crippen molar-refractivity contribution in [1.82, 2.24) is 14.5 Å². The van der Waals surface area contributed by atoms with Crippen molar-refractivity contribution >= 4 is 15.8 Å². The van der Waals surface area contributed by atoms with E-state index in [1.807, 2.05) is 0 Å². The van der Waals surface area contributed by atoms with Gasteiger partial charge in [0.1, 0.15) is 10.7 Å². The topological polar surface area (TPSA) is 92.1 Å². The zero-order chi connectivity index (χ0) is 13.6. The molecular weight excluding hydrogens is 264 g/mol. The molecule has 2 fully saturated rings. The number of aromatic nitrogens is 2. The number of hydrogen-bond donors (Lipinski definition) is 2. The summed E-state index contributed by atoms with van der Waals surface area (Å²) in [6.07, 6.45) is 6.32. The Morgan fingerprint density at radius 2 is 2.26 bits per heavy atom. The molecule has 1 aromatic heterocycles. The maximum absolute atomic E-state index is 12.4. The average molecular weight is 284 g/mol. The van der Waals surface area contributed by atoms with E-state index in [-0.39, 0.29) is 10.7 Å². The molecule has 0 aliphatic heterocycles. The van der Waals surface area contributed by atoms with Gasteiger partial charge in [-0.05, 0) is 37.0 Å². The number of hydrogen-bond acceptors (Lipinski definition) is 4. The van der Waals surface area contributed by atoms with Crippen molar-refractivity contribution in [3.05, 3.63) is 6.20 Å². The molecule has 2 saturated carbocycles. The van der Waals surface area contributed by atoms with Crippen molar-refractivity contribution in [2.75, 3.05) is 19.3 Å². The van der Waals surface area contributed by atoms with Crippen molar-refractivity contribution in [1.29, 1.82) is 0 Å². The van der Waals surface area contributed by atoms with Gasteiger partial charge in [-0.1, -0.05) is 6.42 Å². The number of aromatic amines is 1. The van der Waals surface area contributed by atoms with E-state index >= 15 is 0 Å². The Hall–Kier alpha value is -1.08. The first-order chi connectivity index (χ1) is 8.98. The van der Waals surface area contributed by atoms with Crippen LogP contribution in [0.4, 0.5) is 5.82 Å². The van der Waals surface area contributed by atoms with Crippen LogP contribution < -0.4 is 5.73 Å². The lowest BCUT2D eigenvalue weighted by molar-refractivity contribution is 0.280. The second-order valence-electron chi connectivity index (χ2n) is 5.87. The molecular formula is C12H20N4O2S. The van der Waals surface area contributed by atoms with Crippen LogP contribution in [-0.4, -0.2) is 36.5 Å². The molecule has 1 heterocycles. The Kier molecular flexibility index (Phi) is 3.05. The van der Waals surface area contributed by atoms with Crippen LogP contribution in [0.5, 0.6) is 0 Å². The number of H-pyrrole nitrogens is 1. The van der Waals surface area contributed by atoms with E-state index < -0.39 is 10.0 Å². The fraction of sp³-hybridized carbons (Fsp3) is 0.750. The van der Waals surface area contributed by atoms with Gasteiger partial charge in [-0.2, -0.15) is 5.10 Å². The predicted molar refractivity (Wildman–Crippen MR) is 71.8 cm³/mol. The summed E-state index contributed by atoms with van der Waals surface area (Å²) in [5.41, 5.74) is 5.61. The molecule has 0 amide bonds. The van der Waals surface area contributed by atoms with Crippen LogP contribution in [0.2, 0.25) is 0 Å². The summed E-state index contributed by atoms with van der Waals surface area (Å²) in [7, 11) is -1.88. The highest BCUT2D eigenvalue weighted by molar-refractivity contribution is 7.89. The second-order valence-corrected chi connectivity index (χ2v) is 7.88. The van der Waals surface area contributed by atoms with E-state index in [0.717, 1.165) is 5.92 Å². The van der Waals surface area contributed by atoms with Crippen molar-refractivity contribution < 1.29 is 8.42 Å². The fourth-order valence-electron chi connectivity index (χ4n) is 3.69. The Morgan fingerprint density at radius 3 is 2.79 bits per heavy atom. The fourth-order valence-corrected chi connectivity index (χ4v) is 4.92. The molecule has 2 aliphatic carbocycles. The highest BCUT2D eigenvalue weighted by atomic mass is 32.2. The van der Waals surface area contributed by atoms with Crippen molar-refractivity contribution in [2.45, 2.75) is 30.6 Å². The molecule has 3 rings (SSSR count). The van der Waals surface area contributed by atoms with Gasteiger partial charge in [0.15, 0.2) is 0 Å². The molecule has 0 saturated heterocycles. The lowest BCUT2D eigenvalue weighted by Crippen LogP contribution is -2.34. The van der Waals surface area contributed by atoms with Gasteiger partial charge in [-0.25, -0.2) is 12.7 Å². The van der Waals surface area contributed by atoms with E-state index in [9.17, 15) is 8.42 Å². The standard InChI is InChI=1S/C12H20N4O2S/c1-16(7-10-5-8-2-3-9(10)4-8)19(17,18)11-6-14-15-12(11)13/h6,8-10H,2-5,7H2,1H3,(H3,13,14,15). The van der Waals surface area contributed by atoms with E-state index in [0.29, 0.717) is 18.4 Å². The van der Waals surface area contributed by atoms with E-state index in [2.05, 4.69) is 10.2 Å². The number of nitrogen functional groups attached to an aromatic ring is 1. The van der Waals surface area contributed by atoms with Gasteiger partial charge in [-0.15, -0.1) is 0 Å². The summed E-state index contributed by atoms with van der Waals surface area (Å²) in [6.45, 7) is 0.591. The zero-order valence-electron chi connectivity index (χ0n) is 11.0. The molecule has 2 aliphatic rings. The molecule has 0 radical (unpaired) electrons. The Labute approximate surface area is 113 Å². The molecule has 3 N–H and O–H groups in total. The third-order valence-electron chi connectivity index (χ3n) is 4.70. The average Bonchev–Trinajstić information content (AvgIpc) is 3.04. The first kappa shape index (κ1) is 12.9. The van der Waals surface area contributed by atoms with Gasteiger partial charge in [0.25, 0.3) is 0 Å². The SMILES string of the molecule is CN(CC1CC2CCC1C2)S(=O)(=O)c1cn[nH]c1N. The maximum Gasteiger partial charge on any atom is 0.248 e. The van der Waals surface area contributed by atoms with Crippen LogP contribution >= 0.6 is 0 Å². The lowest BCUT2D eigenvalue weighted by atomic mass is 9.89. The monoisotopic (exact) mass is 284 g/mol. The number of fused-ring (bicyclic) bond motifs is 2. The third kappa shape index (κ3) is 2.14. The summed E-state index contributed by atoms with van der Waals surface area (Å²) in [6, 6.07) is 0. The number of nitrogens with zero attached hydrogens (tertiary/aromatic N) is 2. The largest absolute Gasteiger partial charge is 0.383 e. The van der Waals surface area contributed by atoms with E-state index in [1.165, 1.54) is 36.2 Å². The maximum atomic E-state index is 12.4. The molecule has 106 valence electrons. The minimum atomic E-state index is -3.52. The second kappa shape index (κ2) is 4.49. The van der Waals surface area contributed by atoms with Crippen molar-refractivity contribution in [2.24, 2.45) is 17.8 Å². The smallest absolute Gasteiger partial charge is 0.248 e. The Morgan fingerprint density at radius 1 is 1.47 bits per heavy atom. The summed E-state index contributed by atoms with van der Waals surface area (Å²) < 4.78 is 26.2. The molecule has 6 nitrogen and oxygen atoms in total. The molecule has 0 spiro atoms. The Balaban J connectivity index is 1.73. The number of nitrogens with two attached hydrogens (primary N) is 1. The van der Waals surface area contributed by atoms with Crippen LogP contribution in [-0.2, 0) is 10.0 Å². The molecule has 2 bridgehead atoms. The summed E-state index contributed by atoms with van der Waals surface area (Å²) in [5.74, 6) is 2.15. The number of anilines is 1. The quantitative estimate of drug-likeness (QED) is 0.864. The normalized spacial score (nSPS) is 30.3. The Bertz CT molecular complexity index is 568. The molecule has 7 heteroatoms. The van der Waals surface area contributed by atoms with Crippen LogP contribution in [0.25, 0.3) is 0 Å². The van der Waals surface area contributed by atoms with E-state index in [4.69, 9.17) is 5.73 Å². The van der Waals surface area contributed by atoms with Crippen LogP contribution in [0.15, 0.2) is 11.1 Å². The third-order valence-corrected chi connectivity index (χ3v) is 6.55. The summed E-state index contributed by atoms with van der Waals surface area (Å²) >= 11 is 0. The first-order valence-electron chi connectivity index (χ1n) is 6.73. The van der Waals surface area contributed by atoms with Gasteiger partial charge in [0, 0.05) is 13.6 Å². The van der Waals surface area contributed by atoms with Crippen LogP contribution in [0, 0.1) is 17.8 Å². The molecule has 1 aromatic rings. The van der Waals surface area contributed by atoms with Crippen LogP contribution in [0.3, 0.4) is 0 Å². The first-order valence-corrected chi connectivity index (χ1v) is 8.17. The molecule has 3 unspecified atom stereocenters. The molecule has 3 atom stereocenters. The zero-order valence-corrected chi connectivity index (χ0v) is 11.9. The minimum absolute atomic E-state index is 0.0816. The highest BCUT2D eigenvalue weighted by Gasteiger charge is 2.41. The number of rotatable bonds is 4. The van der Waals surface area contributed by atoms with Gasteiger partial charge >= 0.3 is 0 Å². The van der Waals surface area contributed by atoms with Crippen molar-refractivity contribution in [3.8, 4) is 0 Å². The van der Waals surface area contributed by atoms with Gasteiger partial charge in [0.05, 0.1) is 6.20 Å².